The molecule has 0 fully saturated rings. The lowest BCUT2D eigenvalue weighted by molar-refractivity contribution is -0.115. The summed E-state index contributed by atoms with van der Waals surface area (Å²) in [4.78, 5) is 24.7. The lowest BCUT2D eigenvalue weighted by Crippen LogP contribution is -2.33. The van der Waals surface area contributed by atoms with Gasteiger partial charge in [0, 0.05) is 11.3 Å². The summed E-state index contributed by atoms with van der Waals surface area (Å²) in [7, 11) is 0. The molecule has 2 N–H and O–H groups in total. The van der Waals surface area contributed by atoms with E-state index in [0.717, 1.165) is 0 Å². The predicted octanol–water partition coefficient (Wildman–Crippen LogP) is 2.92. The second kappa shape index (κ2) is 8.85. The van der Waals surface area contributed by atoms with E-state index in [1.54, 1.807) is 41.1 Å². The van der Waals surface area contributed by atoms with E-state index in [1.165, 1.54) is 18.3 Å². The van der Waals surface area contributed by atoms with Crippen LogP contribution in [0.2, 0.25) is 0 Å². The predicted molar refractivity (Wildman–Crippen MR) is 108 cm³/mol. The number of rotatable bonds is 6. The highest BCUT2D eigenvalue weighted by Gasteiger charge is 2.18. The number of nitrogens with zero attached hydrogens (tertiary/aromatic N) is 2. The Bertz CT molecular complexity index is 1080. The second-order valence-electron chi connectivity index (χ2n) is 6.20. The van der Waals surface area contributed by atoms with Crippen LogP contribution in [0.15, 0.2) is 54.7 Å². The van der Waals surface area contributed by atoms with Crippen molar-refractivity contribution >= 4 is 17.5 Å². The first-order chi connectivity index (χ1) is 14.0. The molecule has 2 aromatic carbocycles. The van der Waals surface area contributed by atoms with E-state index in [4.69, 9.17) is 6.42 Å². The largest absolute Gasteiger partial charge is 0.343 e. The molecule has 0 aliphatic heterocycles. The van der Waals surface area contributed by atoms with Gasteiger partial charge in [0.15, 0.2) is 0 Å². The van der Waals surface area contributed by atoms with Gasteiger partial charge in [-0.05, 0) is 48.9 Å². The molecule has 29 heavy (non-hydrogen) atoms. The molecule has 0 atom stereocenters. The molecule has 0 spiro atoms. The minimum absolute atomic E-state index is 0.204. The number of benzene rings is 2. The Balaban J connectivity index is 1.67. The first-order valence-electron chi connectivity index (χ1n) is 8.99. The van der Waals surface area contributed by atoms with Gasteiger partial charge in [0.05, 0.1) is 29.7 Å². The minimum Gasteiger partial charge on any atom is -0.343 e. The molecule has 2 amide bonds. The van der Waals surface area contributed by atoms with Crippen molar-refractivity contribution in [3.63, 3.8) is 0 Å². The molecule has 0 saturated carbocycles. The lowest BCUT2D eigenvalue weighted by atomic mass is 10.2. The van der Waals surface area contributed by atoms with Gasteiger partial charge in [0.1, 0.15) is 5.82 Å². The van der Waals surface area contributed by atoms with Gasteiger partial charge in [-0.1, -0.05) is 18.9 Å². The van der Waals surface area contributed by atoms with Gasteiger partial charge in [-0.2, -0.15) is 5.10 Å². The minimum atomic E-state index is -0.414. The molecule has 6 nitrogen and oxygen atoms in total. The number of hydrogen-bond donors (Lipinski definition) is 2. The van der Waals surface area contributed by atoms with Crippen LogP contribution >= 0.6 is 0 Å². The van der Waals surface area contributed by atoms with Crippen LogP contribution in [-0.4, -0.2) is 28.1 Å². The van der Waals surface area contributed by atoms with Crippen molar-refractivity contribution in [1.29, 1.82) is 0 Å². The van der Waals surface area contributed by atoms with E-state index in [1.807, 2.05) is 6.92 Å². The van der Waals surface area contributed by atoms with Crippen molar-refractivity contribution in [2.75, 3.05) is 11.9 Å². The number of carbonyl (C=O) groups is 2. The molecule has 0 radical (unpaired) electrons. The Hall–Kier alpha value is -3.92. The van der Waals surface area contributed by atoms with Crippen LogP contribution in [0, 0.1) is 18.2 Å². The van der Waals surface area contributed by atoms with Crippen LogP contribution in [0.25, 0.3) is 5.69 Å². The highest BCUT2D eigenvalue weighted by Crippen LogP contribution is 2.16. The zero-order chi connectivity index (χ0) is 20.8. The maximum atomic E-state index is 13.2. The summed E-state index contributed by atoms with van der Waals surface area (Å²) in [5, 5.41) is 9.51. The summed E-state index contributed by atoms with van der Waals surface area (Å²) in [6, 6.07) is 12.7. The SMILES string of the molecule is C#Cc1cccc(NC(=O)CNC(=O)c2cnn(-c3ccc(F)cc3)c2CC)c1. The van der Waals surface area contributed by atoms with Crippen LogP contribution in [0.3, 0.4) is 0 Å². The van der Waals surface area contributed by atoms with Crippen molar-refractivity contribution < 1.29 is 14.0 Å². The Morgan fingerprint density at radius 3 is 2.66 bits per heavy atom. The zero-order valence-corrected chi connectivity index (χ0v) is 15.8. The summed E-state index contributed by atoms with van der Waals surface area (Å²) in [5.74, 6) is 1.35. The van der Waals surface area contributed by atoms with Gasteiger partial charge in [-0.25, -0.2) is 9.07 Å². The number of nitrogens with one attached hydrogen (secondary N) is 2. The monoisotopic (exact) mass is 390 g/mol. The van der Waals surface area contributed by atoms with Crippen molar-refractivity contribution in [3.05, 3.63) is 77.4 Å². The normalized spacial score (nSPS) is 10.2. The van der Waals surface area contributed by atoms with Crippen LogP contribution in [0.1, 0.15) is 28.5 Å². The number of aromatic nitrogens is 2. The number of anilines is 1. The van der Waals surface area contributed by atoms with Crippen LogP contribution in [0.5, 0.6) is 0 Å². The van der Waals surface area contributed by atoms with Crippen molar-refractivity contribution in [3.8, 4) is 18.0 Å². The Morgan fingerprint density at radius 1 is 1.21 bits per heavy atom. The molecular weight excluding hydrogens is 371 g/mol. The molecule has 0 aliphatic carbocycles. The molecule has 3 aromatic rings. The molecule has 1 heterocycles. The summed E-state index contributed by atoms with van der Waals surface area (Å²) < 4.78 is 14.7. The van der Waals surface area contributed by atoms with E-state index in [-0.39, 0.29) is 18.3 Å². The smallest absolute Gasteiger partial charge is 0.255 e. The standard InChI is InChI=1S/C22H19FN4O2/c1-3-15-6-5-7-17(12-15)26-21(28)14-24-22(29)19-13-25-27(20(19)4-2)18-10-8-16(23)9-11-18/h1,5-13H,4,14H2,2H3,(H,24,29)(H,26,28). The maximum Gasteiger partial charge on any atom is 0.255 e. The number of halogens is 1. The van der Waals surface area contributed by atoms with Gasteiger partial charge in [-0.15, -0.1) is 6.42 Å². The molecule has 146 valence electrons. The number of terminal acetylenes is 1. The summed E-state index contributed by atoms with van der Waals surface area (Å²) >= 11 is 0. The third-order valence-corrected chi connectivity index (χ3v) is 4.24. The van der Waals surface area contributed by atoms with Crippen LogP contribution < -0.4 is 10.6 Å². The highest BCUT2D eigenvalue weighted by atomic mass is 19.1. The topological polar surface area (TPSA) is 76.0 Å². The zero-order valence-electron chi connectivity index (χ0n) is 15.8. The quantitative estimate of drug-likeness (QED) is 0.636. The van der Waals surface area contributed by atoms with Crippen molar-refractivity contribution in [1.82, 2.24) is 15.1 Å². The summed E-state index contributed by atoms with van der Waals surface area (Å²) in [6.45, 7) is 1.68. The molecule has 7 heteroatoms. The molecule has 1 aromatic heterocycles. The maximum absolute atomic E-state index is 13.2. The van der Waals surface area contributed by atoms with E-state index in [0.29, 0.717) is 34.6 Å². The van der Waals surface area contributed by atoms with E-state index in [9.17, 15) is 14.0 Å². The molecule has 0 unspecified atom stereocenters. The Kier molecular flexibility index (Phi) is 6.05. The first-order valence-corrected chi connectivity index (χ1v) is 8.99. The molecule has 3 rings (SSSR count). The van der Waals surface area contributed by atoms with Crippen molar-refractivity contribution in [2.45, 2.75) is 13.3 Å². The molecule has 0 aliphatic rings. The average molecular weight is 390 g/mol. The second-order valence-corrected chi connectivity index (χ2v) is 6.20. The highest BCUT2D eigenvalue weighted by molar-refractivity contribution is 6.00. The van der Waals surface area contributed by atoms with E-state index in [2.05, 4.69) is 21.7 Å². The van der Waals surface area contributed by atoms with Gasteiger partial charge in [0.2, 0.25) is 5.91 Å². The Morgan fingerprint density at radius 2 is 1.97 bits per heavy atom. The van der Waals surface area contributed by atoms with Gasteiger partial charge >= 0.3 is 0 Å². The number of hydrogen-bond acceptors (Lipinski definition) is 3. The van der Waals surface area contributed by atoms with Gasteiger partial charge in [-0.3, -0.25) is 9.59 Å². The van der Waals surface area contributed by atoms with Gasteiger partial charge in [0.25, 0.3) is 5.91 Å². The summed E-state index contributed by atoms with van der Waals surface area (Å²) in [5.41, 5.74) is 2.87. The van der Waals surface area contributed by atoms with Crippen LogP contribution in [-0.2, 0) is 11.2 Å². The third kappa shape index (κ3) is 4.68. The Labute approximate surface area is 167 Å². The fourth-order valence-corrected chi connectivity index (χ4v) is 2.86. The average Bonchev–Trinajstić information content (AvgIpc) is 3.17. The molecule has 0 saturated heterocycles. The molecular formula is C22H19FN4O2. The van der Waals surface area contributed by atoms with Crippen LogP contribution in [0.4, 0.5) is 10.1 Å². The third-order valence-electron chi connectivity index (χ3n) is 4.24. The van der Waals surface area contributed by atoms with Gasteiger partial charge < -0.3 is 10.6 Å². The van der Waals surface area contributed by atoms with E-state index >= 15 is 0 Å². The summed E-state index contributed by atoms with van der Waals surface area (Å²) in [6.07, 6.45) is 7.31. The fourth-order valence-electron chi connectivity index (χ4n) is 2.86. The fraction of sp³-hybridized carbons (Fsp3) is 0.136. The number of carbonyl (C=O) groups excluding carboxylic acids is 2. The van der Waals surface area contributed by atoms with E-state index < -0.39 is 5.91 Å². The lowest BCUT2D eigenvalue weighted by Gasteiger charge is -2.09. The first kappa shape index (κ1) is 19.8. The number of amides is 2. The molecule has 0 bridgehead atoms. The van der Waals surface area contributed by atoms with Crippen molar-refractivity contribution in [2.24, 2.45) is 0 Å².